The third-order valence-electron chi connectivity index (χ3n) is 4.03. The number of nitrogens with zero attached hydrogens (tertiary/aromatic N) is 1. The first-order valence-electron chi connectivity index (χ1n) is 8.94. The van der Waals surface area contributed by atoms with Gasteiger partial charge in [0.2, 0.25) is 0 Å². The number of carbonyl (C=O) groups excluding carboxylic acids is 2. The molecule has 0 saturated heterocycles. The van der Waals surface area contributed by atoms with Crippen molar-refractivity contribution >= 4 is 12.1 Å². The van der Waals surface area contributed by atoms with E-state index in [4.69, 9.17) is 23.7 Å². The second kappa shape index (κ2) is 9.64. The Morgan fingerprint density at radius 3 is 2.07 bits per heavy atom. The summed E-state index contributed by atoms with van der Waals surface area (Å²) in [4.78, 5) is 27.1. The van der Waals surface area contributed by atoms with Crippen LogP contribution in [0.5, 0.6) is 11.5 Å². The van der Waals surface area contributed by atoms with E-state index in [9.17, 15) is 9.59 Å². The molecule has 0 aliphatic carbocycles. The Kier molecular flexibility index (Phi) is 8.11. The predicted octanol–water partition coefficient (Wildman–Crippen LogP) is 3.32. The van der Waals surface area contributed by atoms with E-state index in [-0.39, 0.29) is 13.3 Å². The van der Waals surface area contributed by atoms with E-state index < -0.39 is 23.2 Å². The molecule has 0 spiro atoms. The maximum atomic E-state index is 13.0. The van der Waals surface area contributed by atoms with Crippen LogP contribution >= 0.6 is 0 Å². The zero-order chi connectivity index (χ0) is 21.5. The molecule has 158 valence electrons. The first kappa shape index (κ1) is 23.6. The summed E-state index contributed by atoms with van der Waals surface area (Å²) in [7, 11) is 4.43. The molecule has 0 radical (unpaired) electrons. The minimum absolute atomic E-state index is 0.150. The number of esters is 1. The molecule has 1 aromatic carbocycles. The van der Waals surface area contributed by atoms with Crippen molar-refractivity contribution in [2.45, 2.75) is 45.8 Å². The fourth-order valence-electron chi connectivity index (χ4n) is 2.61. The molecule has 0 N–H and O–H groups in total. The number of hydrogen-bond acceptors (Lipinski definition) is 7. The summed E-state index contributed by atoms with van der Waals surface area (Å²) in [5, 5.41) is 0. The lowest BCUT2D eigenvalue weighted by Crippen LogP contribution is -2.55. The molecule has 0 aliphatic rings. The first-order valence-corrected chi connectivity index (χ1v) is 8.94. The smallest absolute Gasteiger partial charge is 0.413 e. The minimum Gasteiger partial charge on any atom is -0.493 e. The minimum atomic E-state index is -1.52. The van der Waals surface area contributed by atoms with E-state index in [1.807, 2.05) is 0 Å². The Hall–Kier alpha value is -2.48. The lowest BCUT2D eigenvalue weighted by molar-refractivity contribution is -0.160. The summed E-state index contributed by atoms with van der Waals surface area (Å²) in [6, 6.07) is 4.96. The van der Waals surface area contributed by atoms with E-state index in [1.165, 1.54) is 26.2 Å². The molecule has 0 saturated carbocycles. The highest BCUT2D eigenvalue weighted by molar-refractivity contribution is 5.87. The van der Waals surface area contributed by atoms with Crippen LogP contribution in [-0.2, 0) is 24.5 Å². The number of methoxy groups -OCH3 is 3. The molecule has 8 heteroatoms. The molecular formula is C20H31NO7. The van der Waals surface area contributed by atoms with E-state index in [0.717, 1.165) is 0 Å². The summed E-state index contributed by atoms with van der Waals surface area (Å²) in [6.45, 7) is 8.47. The molecule has 8 nitrogen and oxygen atoms in total. The van der Waals surface area contributed by atoms with Crippen LogP contribution in [0, 0.1) is 0 Å². The number of amides is 1. The Morgan fingerprint density at radius 1 is 1.00 bits per heavy atom. The lowest BCUT2D eigenvalue weighted by Gasteiger charge is -2.39. The monoisotopic (exact) mass is 397 g/mol. The van der Waals surface area contributed by atoms with Gasteiger partial charge in [-0.3, -0.25) is 4.90 Å². The first-order chi connectivity index (χ1) is 13.0. The highest BCUT2D eigenvalue weighted by Gasteiger charge is 2.47. The van der Waals surface area contributed by atoms with Gasteiger partial charge in [0.1, 0.15) is 12.3 Å². The predicted molar refractivity (Wildman–Crippen MR) is 103 cm³/mol. The zero-order valence-corrected chi connectivity index (χ0v) is 18.0. The number of hydrogen-bond donors (Lipinski definition) is 0. The van der Waals surface area contributed by atoms with Gasteiger partial charge in [-0.1, -0.05) is 6.07 Å². The van der Waals surface area contributed by atoms with Gasteiger partial charge < -0.3 is 23.7 Å². The summed E-state index contributed by atoms with van der Waals surface area (Å²) in [5.74, 6) is 0.287. The Morgan fingerprint density at radius 2 is 1.61 bits per heavy atom. The van der Waals surface area contributed by atoms with Crippen LogP contribution in [0.25, 0.3) is 0 Å². The molecule has 1 amide bonds. The molecule has 0 unspecified atom stereocenters. The van der Waals surface area contributed by atoms with Crippen LogP contribution in [-0.4, -0.2) is 57.2 Å². The molecule has 28 heavy (non-hydrogen) atoms. The van der Waals surface area contributed by atoms with Crippen molar-refractivity contribution in [1.29, 1.82) is 0 Å². The molecule has 1 aromatic rings. The van der Waals surface area contributed by atoms with Gasteiger partial charge in [-0.05, 0) is 52.3 Å². The topological polar surface area (TPSA) is 83.5 Å². The Balaban J connectivity index is 3.58. The van der Waals surface area contributed by atoms with Crippen molar-refractivity contribution in [2.75, 3.05) is 34.7 Å². The quantitative estimate of drug-likeness (QED) is 0.491. The van der Waals surface area contributed by atoms with Crippen molar-refractivity contribution in [3.05, 3.63) is 23.8 Å². The molecular weight excluding hydrogens is 366 g/mol. The van der Waals surface area contributed by atoms with Crippen LogP contribution in [0.3, 0.4) is 0 Å². The molecule has 1 atom stereocenters. The number of carbonyl (C=O) groups is 2. The molecule has 0 heterocycles. The third-order valence-corrected chi connectivity index (χ3v) is 4.03. The second-order valence-electron chi connectivity index (χ2n) is 7.19. The van der Waals surface area contributed by atoms with Gasteiger partial charge in [-0.15, -0.1) is 0 Å². The van der Waals surface area contributed by atoms with Crippen molar-refractivity contribution in [1.82, 2.24) is 4.90 Å². The average molecular weight is 397 g/mol. The van der Waals surface area contributed by atoms with E-state index in [2.05, 4.69) is 0 Å². The number of benzene rings is 1. The summed E-state index contributed by atoms with van der Waals surface area (Å²) < 4.78 is 26.6. The SMILES string of the molecule is CCOC(=O)[C@@](C)(c1ccc(OC)c(OC)c1)N(COC)C(=O)OC(C)(C)C. The lowest BCUT2D eigenvalue weighted by atomic mass is 9.90. The van der Waals surface area contributed by atoms with Gasteiger partial charge in [-0.2, -0.15) is 0 Å². The van der Waals surface area contributed by atoms with Crippen molar-refractivity contribution in [2.24, 2.45) is 0 Å². The van der Waals surface area contributed by atoms with Gasteiger partial charge in [-0.25, -0.2) is 9.59 Å². The second-order valence-corrected chi connectivity index (χ2v) is 7.19. The zero-order valence-electron chi connectivity index (χ0n) is 18.0. The van der Waals surface area contributed by atoms with Crippen molar-refractivity contribution < 1.29 is 33.3 Å². The van der Waals surface area contributed by atoms with Gasteiger partial charge in [0, 0.05) is 7.11 Å². The standard InChI is InChI=1S/C20H31NO7/c1-9-27-17(22)20(5,14-10-11-15(25-7)16(12-14)26-8)21(13-24-6)18(23)28-19(2,3)4/h10-12H,9,13H2,1-8H3/t20-/m1/s1. The maximum Gasteiger partial charge on any atom is 0.413 e. The third kappa shape index (κ3) is 5.28. The highest BCUT2D eigenvalue weighted by atomic mass is 16.6. The molecule has 0 aromatic heterocycles. The van der Waals surface area contributed by atoms with Crippen LogP contribution < -0.4 is 9.47 Å². The van der Waals surface area contributed by atoms with E-state index in [1.54, 1.807) is 52.8 Å². The van der Waals surface area contributed by atoms with E-state index in [0.29, 0.717) is 17.1 Å². The normalized spacial score (nSPS) is 13.3. The molecule has 0 aliphatic heterocycles. The van der Waals surface area contributed by atoms with Gasteiger partial charge in [0.15, 0.2) is 17.0 Å². The van der Waals surface area contributed by atoms with Crippen molar-refractivity contribution in [3.8, 4) is 11.5 Å². The highest BCUT2D eigenvalue weighted by Crippen LogP contribution is 2.37. The number of rotatable bonds is 8. The fourth-order valence-corrected chi connectivity index (χ4v) is 2.61. The summed E-state index contributed by atoms with van der Waals surface area (Å²) in [5.41, 5.74) is -1.81. The van der Waals surface area contributed by atoms with Gasteiger partial charge >= 0.3 is 12.1 Å². The molecule has 1 rings (SSSR count). The van der Waals surface area contributed by atoms with E-state index >= 15 is 0 Å². The summed E-state index contributed by atoms with van der Waals surface area (Å²) in [6.07, 6.45) is -0.709. The van der Waals surface area contributed by atoms with Crippen LogP contribution in [0.1, 0.15) is 40.2 Å². The van der Waals surface area contributed by atoms with Crippen LogP contribution in [0.4, 0.5) is 4.79 Å². The summed E-state index contributed by atoms with van der Waals surface area (Å²) >= 11 is 0. The maximum absolute atomic E-state index is 13.0. The molecule has 0 bridgehead atoms. The van der Waals surface area contributed by atoms with Gasteiger partial charge in [0.25, 0.3) is 0 Å². The van der Waals surface area contributed by atoms with Crippen molar-refractivity contribution in [3.63, 3.8) is 0 Å². The van der Waals surface area contributed by atoms with Crippen LogP contribution in [0.15, 0.2) is 18.2 Å². The van der Waals surface area contributed by atoms with Crippen LogP contribution in [0.2, 0.25) is 0 Å². The number of ether oxygens (including phenoxy) is 5. The average Bonchev–Trinajstić information content (AvgIpc) is 2.63. The Bertz CT molecular complexity index is 684. The molecule has 0 fully saturated rings. The fraction of sp³-hybridized carbons (Fsp3) is 0.600. The van der Waals surface area contributed by atoms with Gasteiger partial charge in [0.05, 0.1) is 20.8 Å². The largest absolute Gasteiger partial charge is 0.493 e. The Labute approximate surface area is 166 Å².